The van der Waals surface area contributed by atoms with Gasteiger partial charge in [0.2, 0.25) is 0 Å². The average molecular weight is 463 g/mol. The van der Waals surface area contributed by atoms with E-state index in [4.69, 9.17) is 11.6 Å². The molecule has 1 unspecified atom stereocenters. The van der Waals surface area contributed by atoms with Gasteiger partial charge in [-0.15, -0.1) is 0 Å². The van der Waals surface area contributed by atoms with Crippen molar-refractivity contribution < 1.29 is 4.79 Å². The molecule has 1 atom stereocenters. The highest BCUT2D eigenvalue weighted by Gasteiger charge is 2.55. The number of aromatic nitrogens is 1. The van der Waals surface area contributed by atoms with E-state index in [0.717, 1.165) is 39.0 Å². The van der Waals surface area contributed by atoms with Crippen LogP contribution in [0.2, 0.25) is 5.02 Å². The van der Waals surface area contributed by atoms with Crippen LogP contribution in [0.1, 0.15) is 21.5 Å². The van der Waals surface area contributed by atoms with Gasteiger partial charge in [0.1, 0.15) is 0 Å². The number of nitrogens with zero attached hydrogens (tertiary/aromatic N) is 2. The van der Waals surface area contributed by atoms with Crippen molar-refractivity contribution in [3.8, 4) is 11.3 Å². The van der Waals surface area contributed by atoms with E-state index in [1.807, 2.05) is 85.9 Å². The van der Waals surface area contributed by atoms with Gasteiger partial charge in [-0.3, -0.25) is 4.79 Å². The maximum absolute atomic E-state index is 14.6. The third kappa shape index (κ3) is 2.62. The molecule has 1 aliphatic rings. The van der Waals surface area contributed by atoms with Crippen molar-refractivity contribution in [2.75, 3.05) is 11.9 Å². The number of hydrogen-bond acceptors (Lipinski definition) is 2. The molecule has 1 aliphatic heterocycles. The quantitative estimate of drug-likeness (QED) is 0.286. The van der Waals surface area contributed by atoms with Gasteiger partial charge in [-0.2, -0.15) is 0 Å². The standard InChI is InChI=1S/C30H23ClN2O/c1-32-25-19-10-9-16-22(25)26(27(32)20-12-5-3-6-13-20)30(21-14-7-4-8-15-21)29(34)23-17-11-18-24(31)28(23)33(30)2/h3-19H,1-2H3. The van der Waals surface area contributed by atoms with Gasteiger partial charge in [0.15, 0.2) is 11.3 Å². The number of rotatable bonds is 3. The largest absolute Gasteiger partial charge is 0.352 e. The fraction of sp³-hybridized carbons (Fsp3) is 0.100. The number of Topliss-reactive ketones (excluding diaryl/α,β-unsaturated/α-hetero) is 1. The highest BCUT2D eigenvalue weighted by atomic mass is 35.5. The van der Waals surface area contributed by atoms with Gasteiger partial charge in [0.25, 0.3) is 0 Å². The number of carbonyl (C=O) groups is 1. The number of benzene rings is 4. The lowest BCUT2D eigenvalue weighted by molar-refractivity contribution is 0.0929. The highest BCUT2D eigenvalue weighted by molar-refractivity contribution is 6.36. The molecule has 34 heavy (non-hydrogen) atoms. The summed E-state index contributed by atoms with van der Waals surface area (Å²) < 4.78 is 2.20. The number of hydrogen-bond donors (Lipinski definition) is 0. The van der Waals surface area contributed by atoms with E-state index in [1.165, 1.54) is 0 Å². The summed E-state index contributed by atoms with van der Waals surface area (Å²) in [6, 6.07) is 34.3. The number of likely N-dealkylation sites (N-methyl/N-ethyl adjacent to an activating group) is 1. The van der Waals surface area contributed by atoms with Crippen molar-refractivity contribution in [2.24, 2.45) is 7.05 Å². The van der Waals surface area contributed by atoms with Gasteiger partial charge >= 0.3 is 0 Å². The van der Waals surface area contributed by atoms with E-state index in [-0.39, 0.29) is 5.78 Å². The fourth-order valence-electron chi connectivity index (χ4n) is 5.68. The Balaban J connectivity index is 1.82. The molecule has 0 fully saturated rings. The van der Waals surface area contributed by atoms with Crippen molar-refractivity contribution in [3.05, 3.63) is 125 Å². The van der Waals surface area contributed by atoms with Crippen LogP contribution in [0.3, 0.4) is 0 Å². The molecule has 1 aromatic heterocycles. The summed E-state index contributed by atoms with van der Waals surface area (Å²) in [6.45, 7) is 0. The Hall–Kier alpha value is -3.82. The fourth-order valence-corrected chi connectivity index (χ4v) is 5.98. The number of fused-ring (bicyclic) bond motifs is 2. The summed E-state index contributed by atoms with van der Waals surface area (Å²) in [4.78, 5) is 16.7. The first-order valence-electron chi connectivity index (χ1n) is 11.3. The van der Waals surface area contributed by atoms with Crippen molar-refractivity contribution in [1.29, 1.82) is 0 Å². The predicted octanol–water partition coefficient (Wildman–Crippen LogP) is 7.08. The van der Waals surface area contributed by atoms with E-state index in [0.29, 0.717) is 10.6 Å². The minimum absolute atomic E-state index is 0.0345. The first-order chi connectivity index (χ1) is 16.6. The lowest BCUT2D eigenvalue weighted by Crippen LogP contribution is -2.47. The zero-order chi connectivity index (χ0) is 23.4. The molecule has 6 rings (SSSR count). The number of anilines is 1. The second kappa shape index (κ2) is 7.61. The lowest BCUT2D eigenvalue weighted by Gasteiger charge is -2.38. The Labute approximate surface area is 203 Å². The van der Waals surface area contributed by atoms with E-state index in [1.54, 1.807) is 0 Å². The maximum atomic E-state index is 14.6. The summed E-state index contributed by atoms with van der Waals surface area (Å²) in [6.07, 6.45) is 0. The minimum Gasteiger partial charge on any atom is -0.352 e. The molecule has 0 amide bonds. The zero-order valence-corrected chi connectivity index (χ0v) is 19.8. The second-order valence-electron chi connectivity index (χ2n) is 8.77. The average Bonchev–Trinajstić information content (AvgIpc) is 3.30. The van der Waals surface area contributed by atoms with Gasteiger partial charge in [-0.25, -0.2) is 0 Å². The molecule has 166 valence electrons. The van der Waals surface area contributed by atoms with Crippen LogP contribution in [0.25, 0.3) is 22.2 Å². The number of ketones is 1. The summed E-state index contributed by atoms with van der Waals surface area (Å²) in [7, 11) is 4.06. The summed E-state index contributed by atoms with van der Waals surface area (Å²) >= 11 is 6.71. The lowest BCUT2D eigenvalue weighted by atomic mass is 9.76. The molecule has 2 heterocycles. The molecule has 0 bridgehead atoms. The van der Waals surface area contributed by atoms with E-state index < -0.39 is 5.54 Å². The molecule has 0 saturated heterocycles. The molecular formula is C30H23ClN2O. The maximum Gasteiger partial charge on any atom is 0.199 e. The molecule has 0 radical (unpaired) electrons. The van der Waals surface area contributed by atoms with Crippen LogP contribution in [0.5, 0.6) is 0 Å². The number of halogens is 1. The Bertz CT molecular complexity index is 1560. The second-order valence-corrected chi connectivity index (χ2v) is 9.17. The van der Waals surface area contributed by atoms with Gasteiger partial charge in [-0.1, -0.05) is 96.5 Å². The van der Waals surface area contributed by atoms with Gasteiger partial charge in [-0.05, 0) is 29.3 Å². The normalized spacial score (nSPS) is 17.4. The van der Waals surface area contributed by atoms with Crippen molar-refractivity contribution in [1.82, 2.24) is 4.57 Å². The SMILES string of the molecule is CN1c2c(Cl)cccc2C(=O)C1(c1ccccc1)c1c(-c2ccccc2)n(C)c2ccccc12. The predicted molar refractivity (Wildman–Crippen MR) is 140 cm³/mol. The summed E-state index contributed by atoms with van der Waals surface area (Å²) in [5.74, 6) is 0.0345. The molecule has 3 nitrogen and oxygen atoms in total. The molecule has 0 N–H and O–H groups in total. The van der Waals surface area contributed by atoms with Gasteiger partial charge in [0, 0.05) is 36.1 Å². The first kappa shape index (κ1) is 20.8. The van der Waals surface area contributed by atoms with Crippen LogP contribution in [0.4, 0.5) is 5.69 Å². The highest BCUT2D eigenvalue weighted by Crippen LogP contribution is 2.54. The monoisotopic (exact) mass is 462 g/mol. The molecule has 0 spiro atoms. The van der Waals surface area contributed by atoms with Crippen molar-refractivity contribution >= 4 is 34.0 Å². The van der Waals surface area contributed by atoms with Crippen LogP contribution >= 0.6 is 11.6 Å². The van der Waals surface area contributed by atoms with Crippen LogP contribution in [0, 0.1) is 0 Å². The third-order valence-corrected chi connectivity index (χ3v) is 7.41. The molecule has 5 aromatic rings. The zero-order valence-electron chi connectivity index (χ0n) is 19.0. The number of aryl methyl sites for hydroxylation is 1. The summed E-state index contributed by atoms with van der Waals surface area (Å²) in [5, 5.41) is 1.63. The van der Waals surface area contributed by atoms with Crippen LogP contribution in [-0.2, 0) is 12.6 Å². The number of carbonyl (C=O) groups excluding carboxylic acids is 1. The molecule has 0 saturated carbocycles. The van der Waals surface area contributed by atoms with Crippen molar-refractivity contribution in [2.45, 2.75) is 5.54 Å². The topological polar surface area (TPSA) is 25.2 Å². The molecular weight excluding hydrogens is 440 g/mol. The Morgan fingerprint density at radius 1 is 0.735 bits per heavy atom. The Morgan fingerprint density at radius 3 is 2.09 bits per heavy atom. The van der Waals surface area contributed by atoms with Gasteiger partial charge in [0.05, 0.1) is 16.4 Å². The van der Waals surface area contributed by atoms with E-state index in [2.05, 4.69) is 40.8 Å². The van der Waals surface area contributed by atoms with Gasteiger partial charge < -0.3 is 9.47 Å². The van der Waals surface area contributed by atoms with E-state index >= 15 is 0 Å². The number of para-hydroxylation sites is 2. The molecule has 4 heteroatoms. The minimum atomic E-state index is -1.07. The molecule has 4 aromatic carbocycles. The Morgan fingerprint density at radius 2 is 1.38 bits per heavy atom. The van der Waals surface area contributed by atoms with Crippen LogP contribution in [0.15, 0.2) is 103 Å². The first-order valence-corrected chi connectivity index (χ1v) is 11.7. The van der Waals surface area contributed by atoms with Crippen molar-refractivity contribution in [3.63, 3.8) is 0 Å². The smallest absolute Gasteiger partial charge is 0.199 e. The van der Waals surface area contributed by atoms with Crippen LogP contribution < -0.4 is 4.90 Å². The Kier molecular flexibility index (Phi) is 4.65. The summed E-state index contributed by atoms with van der Waals surface area (Å²) in [5.41, 5.74) is 5.40. The third-order valence-electron chi connectivity index (χ3n) is 7.11. The molecule has 0 aliphatic carbocycles. The van der Waals surface area contributed by atoms with E-state index in [9.17, 15) is 4.79 Å². The van der Waals surface area contributed by atoms with Crippen LogP contribution in [-0.4, -0.2) is 17.4 Å².